The molecule has 0 spiro atoms. The third-order valence-corrected chi connectivity index (χ3v) is 3.38. The number of ether oxygens (including phenoxy) is 2. The Balaban J connectivity index is 2.35. The Morgan fingerprint density at radius 2 is 2.19 bits per heavy atom. The summed E-state index contributed by atoms with van der Waals surface area (Å²) in [7, 11) is 0. The maximum atomic E-state index is 5.93. The molecule has 1 saturated carbocycles. The molecule has 0 aliphatic heterocycles. The molecule has 0 radical (unpaired) electrons. The standard InChI is InChI=1S/C13H23IO2/c1-2-15-10-11-16-13-7-5-3-4-6-12(13)8-9-14/h8,13H,2-7,9-11H2,1H3. The fourth-order valence-corrected chi connectivity index (χ4v) is 2.66. The molecular weight excluding hydrogens is 315 g/mol. The van der Waals surface area contributed by atoms with Gasteiger partial charge in [0.05, 0.1) is 19.3 Å². The van der Waals surface area contributed by atoms with Crippen LogP contribution in [0, 0.1) is 0 Å². The average Bonchev–Trinajstić information content (AvgIpc) is 2.51. The fraction of sp³-hybridized carbons (Fsp3) is 0.846. The van der Waals surface area contributed by atoms with Crippen molar-refractivity contribution in [2.45, 2.75) is 45.1 Å². The summed E-state index contributed by atoms with van der Waals surface area (Å²) in [6, 6.07) is 0. The van der Waals surface area contributed by atoms with Gasteiger partial charge in [0, 0.05) is 11.0 Å². The summed E-state index contributed by atoms with van der Waals surface area (Å²) in [5, 5.41) is 0. The predicted octanol–water partition coefficient (Wildman–Crippen LogP) is 3.73. The fourth-order valence-electron chi connectivity index (χ4n) is 2.10. The van der Waals surface area contributed by atoms with Crippen molar-refractivity contribution in [1.82, 2.24) is 0 Å². The van der Waals surface area contributed by atoms with Crippen molar-refractivity contribution in [3.05, 3.63) is 11.6 Å². The van der Waals surface area contributed by atoms with Gasteiger partial charge in [0.2, 0.25) is 0 Å². The Bertz CT molecular complexity index is 204. The monoisotopic (exact) mass is 338 g/mol. The van der Waals surface area contributed by atoms with Crippen LogP contribution in [0.15, 0.2) is 11.6 Å². The number of rotatable bonds is 6. The summed E-state index contributed by atoms with van der Waals surface area (Å²) in [4.78, 5) is 0. The Labute approximate surface area is 113 Å². The molecule has 1 fully saturated rings. The lowest BCUT2D eigenvalue weighted by molar-refractivity contribution is 0.0190. The smallest absolute Gasteiger partial charge is 0.0786 e. The molecule has 0 N–H and O–H groups in total. The molecule has 1 unspecified atom stereocenters. The first-order chi connectivity index (χ1) is 7.88. The van der Waals surface area contributed by atoms with Gasteiger partial charge in [0.1, 0.15) is 0 Å². The molecule has 0 saturated heterocycles. The molecule has 2 nitrogen and oxygen atoms in total. The van der Waals surface area contributed by atoms with Crippen molar-refractivity contribution in [1.29, 1.82) is 0 Å². The summed E-state index contributed by atoms with van der Waals surface area (Å²) >= 11 is 2.41. The van der Waals surface area contributed by atoms with Gasteiger partial charge in [-0.3, -0.25) is 0 Å². The van der Waals surface area contributed by atoms with Crippen LogP contribution in [0.4, 0.5) is 0 Å². The van der Waals surface area contributed by atoms with E-state index in [2.05, 4.69) is 28.7 Å². The van der Waals surface area contributed by atoms with Gasteiger partial charge in [-0.2, -0.15) is 0 Å². The minimum Gasteiger partial charge on any atom is -0.379 e. The number of alkyl halides is 1. The van der Waals surface area contributed by atoms with Crippen molar-refractivity contribution in [2.24, 2.45) is 0 Å². The van der Waals surface area contributed by atoms with E-state index in [0.29, 0.717) is 6.10 Å². The summed E-state index contributed by atoms with van der Waals surface area (Å²) in [6.07, 6.45) is 9.10. The van der Waals surface area contributed by atoms with Crippen LogP contribution in [0.1, 0.15) is 39.0 Å². The number of hydrogen-bond acceptors (Lipinski definition) is 2. The Hall–Kier alpha value is 0.390. The predicted molar refractivity (Wildman–Crippen MR) is 76.3 cm³/mol. The number of hydrogen-bond donors (Lipinski definition) is 0. The molecule has 0 aromatic heterocycles. The molecule has 94 valence electrons. The van der Waals surface area contributed by atoms with Crippen LogP contribution in [-0.4, -0.2) is 30.4 Å². The van der Waals surface area contributed by atoms with Crippen LogP contribution in [0.3, 0.4) is 0 Å². The normalized spacial score (nSPS) is 24.6. The quantitative estimate of drug-likeness (QED) is 0.242. The topological polar surface area (TPSA) is 18.5 Å². The third-order valence-electron chi connectivity index (χ3n) is 2.94. The van der Waals surface area contributed by atoms with E-state index < -0.39 is 0 Å². The summed E-state index contributed by atoms with van der Waals surface area (Å²) in [6.45, 7) is 4.26. The van der Waals surface area contributed by atoms with Crippen molar-refractivity contribution in [3.8, 4) is 0 Å². The molecule has 1 atom stereocenters. The van der Waals surface area contributed by atoms with Crippen LogP contribution >= 0.6 is 22.6 Å². The van der Waals surface area contributed by atoms with Gasteiger partial charge in [0.25, 0.3) is 0 Å². The molecule has 0 bridgehead atoms. The van der Waals surface area contributed by atoms with Gasteiger partial charge < -0.3 is 9.47 Å². The molecule has 1 rings (SSSR count). The highest BCUT2D eigenvalue weighted by Gasteiger charge is 2.17. The third kappa shape index (κ3) is 5.64. The van der Waals surface area contributed by atoms with Crippen LogP contribution in [0.25, 0.3) is 0 Å². The van der Waals surface area contributed by atoms with Gasteiger partial charge in [-0.25, -0.2) is 0 Å². The average molecular weight is 338 g/mol. The van der Waals surface area contributed by atoms with E-state index in [4.69, 9.17) is 9.47 Å². The van der Waals surface area contributed by atoms with E-state index in [9.17, 15) is 0 Å². The molecule has 0 aromatic carbocycles. The summed E-state index contributed by atoms with van der Waals surface area (Å²) < 4.78 is 12.3. The van der Waals surface area contributed by atoms with Crippen molar-refractivity contribution >= 4 is 22.6 Å². The van der Waals surface area contributed by atoms with E-state index in [1.54, 1.807) is 0 Å². The zero-order valence-electron chi connectivity index (χ0n) is 10.2. The van der Waals surface area contributed by atoms with E-state index in [1.807, 2.05) is 6.92 Å². The molecule has 16 heavy (non-hydrogen) atoms. The highest BCUT2D eigenvalue weighted by Crippen LogP contribution is 2.25. The maximum Gasteiger partial charge on any atom is 0.0786 e. The Morgan fingerprint density at radius 1 is 1.31 bits per heavy atom. The lowest BCUT2D eigenvalue weighted by Crippen LogP contribution is -2.18. The van der Waals surface area contributed by atoms with Crippen LogP contribution in [-0.2, 0) is 9.47 Å². The van der Waals surface area contributed by atoms with E-state index in [0.717, 1.165) is 24.2 Å². The summed E-state index contributed by atoms with van der Waals surface area (Å²) in [5.41, 5.74) is 1.52. The first-order valence-corrected chi connectivity index (χ1v) is 7.85. The minimum atomic E-state index is 0.359. The van der Waals surface area contributed by atoms with Crippen molar-refractivity contribution < 1.29 is 9.47 Å². The van der Waals surface area contributed by atoms with Gasteiger partial charge in [-0.05, 0) is 31.8 Å². The van der Waals surface area contributed by atoms with Crippen LogP contribution in [0.5, 0.6) is 0 Å². The maximum absolute atomic E-state index is 5.93. The van der Waals surface area contributed by atoms with Gasteiger partial charge >= 0.3 is 0 Å². The molecular formula is C13H23IO2. The molecule has 1 aliphatic rings. The second-order valence-corrected chi connectivity index (χ2v) is 4.97. The largest absolute Gasteiger partial charge is 0.379 e. The molecule has 3 heteroatoms. The highest BCUT2D eigenvalue weighted by molar-refractivity contribution is 14.1. The Morgan fingerprint density at radius 3 is 2.94 bits per heavy atom. The molecule has 0 amide bonds. The SMILES string of the molecule is CCOCCOC1CCCCCC1=CCI. The first kappa shape index (κ1) is 14.5. The van der Waals surface area contributed by atoms with Gasteiger partial charge in [-0.15, -0.1) is 0 Å². The van der Waals surface area contributed by atoms with E-state index in [-0.39, 0.29) is 0 Å². The van der Waals surface area contributed by atoms with Gasteiger partial charge in [-0.1, -0.05) is 41.5 Å². The number of allylic oxidation sites excluding steroid dienone is 1. The van der Waals surface area contributed by atoms with E-state index >= 15 is 0 Å². The first-order valence-electron chi connectivity index (χ1n) is 6.32. The van der Waals surface area contributed by atoms with Crippen LogP contribution in [0.2, 0.25) is 0 Å². The minimum absolute atomic E-state index is 0.359. The van der Waals surface area contributed by atoms with Crippen molar-refractivity contribution in [2.75, 3.05) is 24.2 Å². The summed E-state index contributed by atoms with van der Waals surface area (Å²) in [5.74, 6) is 0. The second kappa shape index (κ2) is 9.42. The second-order valence-electron chi connectivity index (χ2n) is 4.09. The molecule has 0 aromatic rings. The van der Waals surface area contributed by atoms with Gasteiger partial charge in [0.15, 0.2) is 0 Å². The zero-order chi connectivity index (χ0) is 11.6. The lowest BCUT2D eigenvalue weighted by Gasteiger charge is -2.18. The lowest BCUT2D eigenvalue weighted by atomic mass is 10.1. The zero-order valence-corrected chi connectivity index (χ0v) is 12.4. The van der Waals surface area contributed by atoms with E-state index in [1.165, 1.54) is 37.7 Å². The Kier molecular flexibility index (Phi) is 8.51. The molecule has 1 aliphatic carbocycles. The van der Waals surface area contributed by atoms with Crippen LogP contribution < -0.4 is 0 Å². The number of halogens is 1. The highest BCUT2D eigenvalue weighted by atomic mass is 127. The van der Waals surface area contributed by atoms with Crippen molar-refractivity contribution in [3.63, 3.8) is 0 Å². The molecule has 0 heterocycles.